The number of hydrogen-bond donors (Lipinski definition) is 0. The molecule has 1 heterocycles. The first-order chi connectivity index (χ1) is 15.6. The molecule has 0 fully saturated rings. The summed E-state index contributed by atoms with van der Waals surface area (Å²) in [5.74, 6) is 0.329. The van der Waals surface area contributed by atoms with Gasteiger partial charge in [-0.1, -0.05) is 53.4 Å². The number of para-hydroxylation sites is 1. The van der Waals surface area contributed by atoms with Crippen molar-refractivity contribution in [3.8, 4) is 5.75 Å². The van der Waals surface area contributed by atoms with Crippen LogP contribution < -0.4 is 9.57 Å². The molecule has 4 aromatic rings. The third-order valence-corrected chi connectivity index (χ3v) is 5.64. The molecule has 0 radical (unpaired) electrons. The van der Waals surface area contributed by atoms with Crippen LogP contribution in [0.2, 0.25) is 0 Å². The van der Waals surface area contributed by atoms with E-state index >= 15 is 0 Å². The third-order valence-electron chi connectivity index (χ3n) is 5.64. The Morgan fingerprint density at radius 3 is 2.59 bits per heavy atom. The summed E-state index contributed by atoms with van der Waals surface area (Å²) >= 11 is 0. The summed E-state index contributed by atoms with van der Waals surface area (Å²) in [4.78, 5) is 19.6. The number of benzene rings is 3. The first kappa shape index (κ1) is 19.8. The molecule has 1 aromatic heterocycles. The molecule has 6 heteroatoms. The fourth-order valence-corrected chi connectivity index (χ4v) is 4.02. The average molecular weight is 423 g/mol. The van der Waals surface area contributed by atoms with Gasteiger partial charge in [0.2, 0.25) is 0 Å². The zero-order valence-corrected chi connectivity index (χ0v) is 17.8. The van der Waals surface area contributed by atoms with Crippen LogP contribution in [0.15, 0.2) is 78.4 Å². The van der Waals surface area contributed by atoms with Crippen molar-refractivity contribution in [3.05, 3.63) is 95.1 Å². The third kappa shape index (κ3) is 3.56. The van der Waals surface area contributed by atoms with Gasteiger partial charge in [-0.05, 0) is 75.9 Å². The number of carbonyl (C=O) groups excluding carboxylic acids is 1. The second-order valence-corrected chi connectivity index (χ2v) is 7.57. The van der Waals surface area contributed by atoms with Crippen molar-refractivity contribution in [3.63, 3.8) is 0 Å². The molecule has 0 amide bonds. The number of rotatable bonds is 5. The number of carbonyl (C=O) groups is 1. The van der Waals surface area contributed by atoms with Gasteiger partial charge in [-0.15, -0.1) is 5.10 Å². The molecular formula is C26H21N3O3. The summed E-state index contributed by atoms with van der Waals surface area (Å²) < 4.78 is 5.43. The average Bonchev–Trinajstić information content (AvgIpc) is 3.34. The number of allylic oxidation sites excluding steroid dienone is 2. The van der Waals surface area contributed by atoms with Gasteiger partial charge in [0.25, 0.3) is 0 Å². The summed E-state index contributed by atoms with van der Waals surface area (Å²) in [5, 5.41) is 7.98. The lowest BCUT2D eigenvalue weighted by molar-refractivity contribution is -0.144. The molecule has 0 aliphatic heterocycles. The summed E-state index contributed by atoms with van der Waals surface area (Å²) in [6, 6.07) is 23.4. The van der Waals surface area contributed by atoms with Gasteiger partial charge in [-0.2, -0.15) is 0 Å². The fraction of sp³-hybridized carbons (Fsp3) is 0.115. The Labute approximate surface area is 185 Å². The van der Waals surface area contributed by atoms with Crippen molar-refractivity contribution in [1.82, 2.24) is 15.2 Å². The summed E-state index contributed by atoms with van der Waals surface area (Å²) in [6.07, 6.45) is 2.25. The standard InChI is InChI=1S/C26H21N3O3/c1-17-21(14-18-8-4-3-5-9-18)20-13-12-19(31-2)15-23(20)22(17)16-26(30)32-29-25-11-7-6-10-24(25)27-28-29/h3-15H,16H2,1-2H3/b21-14-. The summed E-state index contributed by atoms with van der Waals surface area (Å²) in [7, 11) is 1.64. The van der Waals surface area contributed by atoms with E-state index in [1.807, 2.05) is 67.6 Å². The van der Waals surface area contributed by atoms with E-state index in [1.54, 1.807) is 7.11 Å². The maximum atomic E-state index is 12.9. The second kappa shape index (κ2) is 8.15. The Morgan fingerprint density at radius 1 is 1.00 bits per heavy atom. The SMILES string of the molecule is COc1ccc2c(c1)C(CC(=O)On1nnc3ccccc31)=C(C)/C2=C/c1ccccc1. The first-order valence-electron chi connectivity index (χ1n) is 10.3. The largest absolute Gasteiger partial charge is 0.497 e. The highest BCUT2D eigenvalue weighted by Gasteiger charge is 2.27. The van der Waals surface area contributed by atoms with Crippen LogP contribution >= 0.6 is 0 Å². The Bertz CT molecular complexity index is 1380. The fourth-order valence-electron chi connectivity index (χ4n) is 4.02. The Morgan fingerprint density at radius 2 is 1.78 bits per heavy atom. The predicted octanol–water partition coefficient (Wildman–Crippen LogP) is 4.81. The number of methoxy groups -OCH3 is 1. The van der Waals surface area contributed by atoms with E-state index in [2.05, 4.69) is 28.5 Å². The topological polar surface area (TPSA) is 66.2 Å². The maximum absolute atomic E-state index is 12.9. The molecule has 0 atom stereocenters. The van der Waals surface area contributed by atoms with Gasteiger partial charge < -0.3 is 9.57 Å². The van der Waals surface area contributed by atoms with E-state index in [4.69, 9.17) is 9.57 Å². The Hall–Kier alpha value is -4.19. The molecule has 0 unspecified atom stereocenters. The quantitative estimate of drug-likeness (QED) is 0.431. The van der Waals surface area contributed by atoms with Crippen LogP contribution in [0.25, 0.3) is 28.3 Å². The van der Waals surface area contributed by atoms with E-state index in [-0.39, 0.29) is 6.42 Å². The molecule has 5 rings (SSSR count). The molecule has 0 saturated heterocycles. The smallest absolute Gasteiger partial charge is 0.339 e. The molecule has 0 saturated carbocycles. The lowest BCUT2D eigenvalue weighted by atomic mass is 10.0. The molecule has 3 aromatic carbocycles. The normalized spacial score (nSPS) is 14.1. The number of nitrogens with zero attached hydrogens (tertiary/aromatic N) is 3. The van der Waals surface area contributed by atoms with E-state index in [0.29, 0.717) is 11.0 Å². The Balaban J connectivity index is 1.50. The van der Waals surface area contributed by atoms with Crippen molar-refractivity contribution >= 4 is 34.2 Å². The summed E-state index contributed by atoms with van der Waals surface area (Å²) in [5.41, 5.74) is 7.49. The molecule has 0 spiro atoms. The zero-order chi connectivity index (χ0) is 22.1. The predicted molar refractivity (Wildman–Crippen MR) is 124 cm³/mol. The minimum Gasteiger partial charge on any atom is -0.497 e. The highest BCUT2D eigenvalue weighted by molar-refractivity contribution is 6.08. The van der Waals surface area contributed by atoms with Gasteiger partial charge in [-0.3, -0.25) is 0 Å². The monoisotopic (exact) mass is 423 g/mol. The molecule has 0 N–H and O–H groups in total. The van der Waals surface area contributed by atoms with Crippen LogP contribution in [0.3, 0.4) is 0 Å². The second-order valence-electron chi connectivity index (χ2n) is 7.57. The van der Waals surface area contributed by atoms with Gasteiger partial charge >= 0.3 is 5.97 Å². The van der Waals surface area contributed by atoms with Gasteiger partial charge in [0.1, 0.15) is 16.8 Å². The van der Waals surface area contributed by atoms with Crippen molar-refractivity contribution in [2.24, 2.45) is 0 Å². The minimum absolute atomic E-state index is 0.103. The molecule has 32 heavy (non-hydrogen) atoms. The zero-order valence-electron chi connectivity index (χ0n) is 17.8. The van der Waals surface area contributed by atoms with E-state index in [9.17, 15) is 4.79 Å². The van der Waals surface area contributed by atoms with Gasteiger partial charge in [0.15, 0.2) is 0 Å². The number of fused-ring (bicyclic) bond motifs is 2. The van der Waals surface area contributed by atoms with Gasteiger partial charge in [0.05, 0.1) is 13.5 Å². The van der Waals surface area contributed by atoms with Gasteiger partial charge in [-0.25, -0.2) is 4.79 Å². The van der Waals surface area contributed by atoms with Crippen molar-refractivity contribution in [2.45, 2.75) is 13.3 Å². The van der Waals surface area contributed by atoms with E-state index in [1.165, 1.54) is 4.85 Å². The molecule has 6 nitrogen and oxygen atoms in total. The van der Waals surface area contributed by atoms with Crippen LogP contribution in [-0.4, -0.2) is 28.2 Å². The highest BCUT2D eigenvalue weighted by Crippen LogP contribution is 2.44. The van der Waals surface area contributed by atoms with Gasteiger partial charge in [0, 0.05) is 0 Å². The van der Waals surface area contributed by atoms with E-state index < -0.39 is 5.97 Å². The lowest BCUT2D eigenvalue weighted by Crippen LogP contribution is -2.21. The van der Waals surface area contributed by atoms with Crippen LogP contribution in [-0.2, 0) is 4.79 Å². The Kier molecular flexibility index (Phi) is 5.03. The maximum Gasteiger partial charge on any atom is 0.339 e. The molecular weight excluding hydrogens is 402 g/mol. The van der Waals surface area contributed by atoms with Crippen LogP contribution in [0.5, 0.6) is 5.75 Å². The van der Waals surface area contributed by atoms with Crippen LogP contribution in [0.4, 0.5) is 0 Å². The molecule has 1 aliphatic rings. The first-order valence-corrected chi connectivity index (χ1v) is 10.3. The molecule has 0 bridgehead atoms. The van der Waals surface area contributed by atoms with Crippen molar-refractivity contribution < 1.29 is 14.4 Å². The van der Waals surface area contributed by atoms with Crippen molar-refractivity contribution in [2.75, 3.05) is 7.11 Å². The number of aromatic nitrogens is 3. The van der Waals surface area contributed by atoms with Crippen LogP contribution in [0.1, 0.15) is 30.0 Å². The van der Waals surface area contributed by atoms with Crippen LogP contribution in [0, 0.1) is 0 Å². The molecule has 1 aliphatic carbocycles. The number of hydrogen-bond acceptors (Lipinski definition) is 5. The minimum atomic E-state index is -0.412. The van der Waals surface area contributed by atoms with E-state index in [0.717, 1.165) is 39.2 Å². The summed E-state index contributed by atoms with van der Waals surface area (Å²) in [6.45, 7) is 2.04. The number of ether oxygens (including phenoxy) is 1. The molecule has 158 valence electrons. The lowest BCUT2D eigenvalue weighted by Gasteiger charge is -2.08. The van der Waals surface area contributed by atoms with Crippen molar-refractivity contribution in [1.29, 1.82) is 0 Å². The highest BCUT2D eigenvalue weighted by atomic mass is 16.7.